The molecule has 9 nitrogen and oxygen atoms in total. The Balaban J connectivity index is 1.64. The number of aromatic nitrogens is 6. The first-order chi connectivity index (χ1) is 17.9. The van der Waals surface area contributed by atoms with Crippen molar-refractivity contribution >= 4 is 22.6 Å². The van der Waals surface area contributed by atoms with E-state index in [0.717, 1.165) is 33.4 Å². The molecule has 0 spiro atoms. The monoisotopic (exact) mass is 515 g/mol. The highest BCUT2D eigenvalue weighted by Crippen LogP contribution is 2.34. The molecule has 0 aliphatic carbocycles. The number of aryl methyl sites for hydroxylation is 4. The lowest BCUT2D eigenvalue weighted by Gasteiger charge is -2.20. The van der Waals surface area contributed by atoms with Crippen LogP contribution in [-0.4, -0.2) is 41.1 Å². The number of carbonyl (C=O) groups excluding carboxylic acids is 1. The summed E-state index contributed by atoms with van der Waals surface area (Å²) in [6.07, 6.45) is 0.788. The molecule has 5 aromatic rings. The fraction of sp³-hybridized carbons (Fsp3) is 0.321. The summed E-state index contributed by atoms with van der Waals surface area (Å²) < 4.78 is 24.2. The predicted octanol–water partition coefficient (Wildman–Crippen LogP) is 5.43. The molecule has 10 heteroatoms. The molecule has 1 aromatic carbocycles. The van der Waals surface area contributed by atoms with E-state index in [1.807, 2.05) is 44.6 Å². The number of nitrogens with one attached hydrogen (secondary N) is 1. The number of benzene rings is 1. The molecule has 38 heavy (non-hydrogen) atoms. The molecule has 4 aromatic heterocycles. The van der Waals surface area contributed by atoms with Gasteiger partial charge in [0.15, 0.2) is 5.65 Å². The van der Waals surface area contributed by atoms with E-state index in [9.17, 15) is 4.79 Å². The van der Waals surface area contributed by atoms with Gasteiger partial charge in [0.1, 0.15) is 5.60 Å². The average molecular weight is 516 g/mol. The van der Waals surface area contributed by atoms with Crippen molar-refractivity contribution in [1.29, 1.82) is 0 Å². The van der Waals surface area contributed by atoms with Crippen LogP contribution in [0.2, 0.25) is 0 Å². The van der Waals surface area contributed by atoms with E-state index < -0.39 is 17.6 Å². The number of fused-ring (bicyclic) bond motifs is 2. The summed E-state index contributed by atoms with van der Waals surface area (Å²) >= 11 is 0. The third-order valence-electron chi connectivity index (χ3n) is 6.28. The van der Waals surface area contributed by atoms with Gasteiger partial charge in [0.2, 0.25) is 5.95 Å². The highest BCUT2D eigenvalue weighted by molar-refractivity contribution is 5.91. The van der Waals surface area contributed by atoms with Gasteiger partial charge in [-0.15, -0.1) is 0 Å². The fourth-order valence-electron chi connectivity index (χ4n) is 4.73. The minimum atomic E-state index is -0.664. The van der Waals surface area contributed by atoms with Crippen molar-refractivity contribution in [1.82, 2.24) is 34.7 Å². The minimum Gasteiger partial charge on any atom is -0.444 e. The second kappa shape index (κ2) is 9.20. The van der Waals surface area contributed by atoms with E-state index in [1.54, 1.807) is 37.4 Å². The first kappa shape index (κ1) is 25.3. The van der Waals surface area contributed by atoms with Gasteiger partial charge >= 0.3 is 6.09 Å². The number of hydrogen-bond donors (Lipinski definition) is 1. The number of alkyl carbamates (subject to hydrolysis) is 1. The molecule has 0 atom stereocenters. The molecule has 0 aliphatic rings. The summed E-state index contributed by atoms with van der Waals surface area (Å²) in [7, 11) is 1.92. The van der Waals surface area contributed by atoms with Gasteiger partial charge in [0.05, 0.1) is 28.2 Å². The highest BCUT2D eigenvalue weighted by Gasteiger charge is 2.23. The SMILES string of the molecule is Cc1cc(-c2c(CNC(=O)OC(C)(C)C)ccnc2F)n2nc(C)c(-c3ccc4c(c3)c(C)nn4C)c2n1. The number of ether oxygens (including phenoxy) is 1. The summed E-state index contributed by atoms with van der Waals surface area (Å²) in [5, 5.41) is 13.1. The Morgan fingerprint density at radius 3 is 2.55 bits per heavy atom. The molecular formula is C28H30FN7O2. The average Bonchev–Trinajstić information content (AvgIpc) is 3.30. The van der Waals surface area contributed by atoms with E-state index in [-0.39, 0.29) is 12.1 Å². The molecular weight excluding hydrogens is 485 g/mol. The molecule has 1 N–H and O–H groups in total. The maximum atomic E-state index is 15.3. The molecule has 0 radical (unpaired) electrons. The maximum Gasteiger partial charge on any atom is 0.407 e. The highest BCUT2D eigenvalue weighted by atomic mass is 19.1. The Hall–Kier alpha value is -4.34. The van der Waals surface area contributed by atoms with Crippen LogP contribution in [-0.2, 0) is 18.3 Å². The smallest absolute Gasteiger partial charge is 0.407 e. The van der Waals surface area contributed by atoms with Gasteiger partial charge in [-0.3, -0.25) is 4.68 Å². The van der Waals surface area contributed by atoms with Gasteiger partial charge in [0, 0.05) is 36.4 Å². The number of hydrogen-bond acceptors (Lipinski definition) is 6. The van der Waals surface area contributed by atoms with Crippen molar-refractivity contribution in [2.24, 2.45) is 7.05 Å². The van der Waals surface area contributed by atoms with Crippen LogP contribution in [0.5, 0.6) is 0 Å². The number of carbonyl (C=O) groups is 1. The zero-order valence-corrected chi connectivity index (χ0v) is 22.5. The second-order valence-corrected chi connectivity index (χ2v) is 10.4. The van der Waals surface area contributed by atoms with Crippen molar-refractivity contribution in [3.05, 3.63) is 65.1 Å². The van der Waals surface area contributed by atoms with Gasteiger partial charge in [-0.2, -0.15) is 14.6 Å². The van der Waals surface area contributed by atoms with Crippen LogP contribution in [0.1, 0.15) is 43.4 Å². The van der Waals surface area contributed by atoms with Gasteiger partial charge in [0.25, 0.3) is 0 Å². The summed E-state index contributed by atoms with van der Waals surface area (Å²) in [5.41, 5.74) is 6.45. The summed E-state index contributed by atoms with van der Waals surface area (Å²) in [5.74, 6) is -0.664. The van der Waals surface area contributed by atoms with Crippen molar-refractivity contribution in [2.75, 3.05) is 0 Å². The maximum absolute atomic E-state index is 15.3. The van der Waals surface area contributed by atoms with Crippen molar-refractivity contribution < 1.29 is 13.9 Å². The number of rotatable bonds is 4. The van der Waals surface area contributed by atoms with Gasteiger partial charge in [-0.1, -0.05) is 6.07 Å². The van der Waals surface area contributed by atoms with Crippen LogP contribution >= 0.6 is 0 Å². The standard InChI is InChI=1S/C28H30FN7O2/c1-15-12-22(24-19(10-11-30-25(24)29)14-31-27(37)38-28(4,5)6)36-26(32-15)23(17(3)34-36)18-8-9-21-20(13-18)16(2)33-35(21)7/h8-13H,14H2,1-7H3,(H,31,37). The normalized spacial score (nSPS) is 11.9. The van der Waals surface area contributed by atoms with Crippen LogP contribution in [0, 0.1) is 26.7 Å². The number of amides is 1. The van der Waals surface area contributed by atoms with Crippen LogP contribution in [0.4, 0.5) is 9.18 Å². The number of nitrogens with zero attached hydrogens (tertiary/aromatic N) is 6. The van der Waals surface area contributed by atoms with E-state index in [4.69, 9.17) is 14.8 Å². The van der Waals surface area contributed by atoms with Gasteiger partial charge in [-0.05, 0) is 76.9 Å². The lowest BCUT2D eigenvalue weighted by Crippen LogP contribution is -2.32. The first-order valence-electron chi connectivity index (χ1n) is 12.3. The zero-order valence-electron chi connectivity index (χ0n) is 22.5. The molecule has 0 aliphatic heterocycles. The van der Waals surface area contributed by atoms with E-state index in [0.29, 0.717) is 22.6 Å². The molecule has 1 amide bonds. The molecule has 0 saturated heterocycles. The third-order valence-corrected chi connectivity index (χ3v) is 6.28. The summed E-state index contributed by atoms with van der Waals surface area (Å²) in [6.45, 7) is 11.2. The molecule has 0 fully saturated rings. The fourth-order valence-corrected chi connectivity index (χ4v) is 4.73. The molecule has 0 saturated carbocycles. The van der Waals surface area contributed by atoms with Gasteiger partial charge < -0.3 is 10.1 Å². The Bertz CT molecular complexity index is 1710. The Morgan fingerprint density at radius 1 is 1.05 bits per heavy atom. The molecule has 0 unspecified atom stereocenters. The lowest BCUT2D eigenvalue weighted by atomic mass is 10.0. The summed E-state index contributed by atoms with van der Waals surface area (Å²) in [4.78, 5) is 21.0. The van der Waals surface area contributed by atoms with Crippen LogP contribution in [0.25, 0.3) is 38.9 Å². The predicted molar refractivity (Wildman–Crippen MR) is 143 cm³/mol. The van der Waals surface area contributed by atoms with Crippen molar-refractivity contribution in [3.63, 3.8) is 0 Å². The quantitative estimate of drug-likeness (QED) is 0.320. The summed E-state index contributed by atoms with van der Waals surface area (Å²) in [6, 6.07) is 9.60. The molecule has 0 bridgehead atoms. The van der Waals surface area contributed by atoms with Crippen molar-refractivity contribution in [2.45, 2.75) is 53.7 Å². The Morgan fingerprint density at radius 2 is 1.82 bits per heavy atom. The lowest BCUT2D eigenvalue weighted by molar-refractivity contribution is 0.0523. The number of halogens is 1. The van der Waals surface area contributed by atoms with E-state index in [2.05, 4.69) is 21.5 Å². The Kier molecular flexibility index (Phi) is 6.13. The molecule has 196 valence electrons. The Labute approximate surface area is 219 Å². The van der Waals surface area contributed by atoms with Crippen molar-refractivity contribution in [3.8, 4) is 22.4 Å². The van der Waals surface area contributed by atoms with E-state index in [1.165, 1.54) is 6.20 Å². The largest absolute Gasteiger partial charge is 0.444 e. The molecule has 4 heterocycles. The van der Waals surface area contributed by atoms with Crippen LogP contribution < -0.4 is 5.32 Å². The van der Waals surface area contributed by atoms with Crippen LogP contribution in [0.3, 0.4) is 0 Å². The van der Waals surface area contributed by atoms with E-state index >= 15 is 4.39 Å². The molecule has 5 rings (SSSR count). The third kappa shape index (κ3) is 4.57. The zero-order chi connectivity index (χ0) is 27.4. The van der Waals surface area contributed by atoms with Gasteiger partial charge in [-0.25, -0.2) is 19.3 Å². The topological polar surface area (TPSA) is 99.2 Å². The van der Waals surface area contributed by atoms with Crippen LogP contribution in [0.15, 0.2) is 36.5 Å². The minimum absolute atomic E-state index is 0.0522. The number of pyridine rings is 1. The second-order valence-electron chi connectivity index (χ2n) is 10.4. The first-order valence-corrected chi connectivity index (χ1v) is 12.3.